The van der Waals surface area contributed by atoms with Crippen molar-refractivity contribution in [3.63, 3.8) is 0 Å². The molecule has 0 aromatic heterocycles. The van der Waals surface area contributed by atoms with Crippen LogP contribution in [0.4, 0.5) is 5.69 Å². The van der Waals surface area contributed by atoms with E-state index in [0.29, 0.717) is 0 Å². The van der Waals surface area contributed by atoms with Crippen molar-refractivity contribution in [2.24, 2.45) is 0 Å². The molecule has 0 bridgehead atoms. The number of rotatable bonds is 2. The van der Waals surface area contributed by atoms with E-state index in [2.05, 4.69) is 35.4 Å². The first kappa shape index (κ1) is 13.1. The molecule has 0 amide bonds. The number of fused-ring (bicyclic) bond motifs is 2. The number of carbonyl (C=O) groups is 1. The fraction of sp³-hybridized carbons (Fsp3) is 0.150. The zero-order valence-electron chi connectivity index (χ0n) is 12.3. The van der Waals surface area contributed by atoms with Gasteiger partial charge >= 0.3 is 0 Å². The molecule has 0 radical (unpaired) electrons. The molecule has 22 heavy (non-hydrogen) atoms. The number of hydrogen-bond acceptors (Lipinski definition) is 2. The van der Waals surface area contributed by atoms with Crippen LogP contribution in [0.3, 0.4) is 0 Å². The number of nitrogens with zero attached hydrogens (tertiary/aromatic N) is 1. The Hall–Kier alpha value is -2.61. The normalized spacial score (nSPS) is 18.3. The molecule has 0 saturated carbocycles. The van der Waals surface area contributed by atoms with Crippen LogP contribution in [0.25, 0.3) is 0 Å². The van der Waals surface area contributed by atoms with Crippen molar-refractivity contribution >= 4 is 11.5 Å². The highest BCUT2D eigenvalue weighted by Crippen LogP contribution is 2.28. The Morgan fingerprint density at radius 3 is 2.59 bits per heavy atom. The average Bonchev–Trinajstić information content (AvgIpc) is 3.10. The molecule has 4 rings (SSSR count). The highest BCUT2D eigenvalue weighted by Gasteiger charge is 2.23. The van der Waals surface area contributed by atoms with Gasteiger partial charge in [0, 0.05) is 36.0 Å². The lowest BCUT2D eigenvalue weighted by molar-refractivity contribution is 0.103. The maximum atomic E-state index is 12.3. The van der Waals surface area contributed by atoms with E-state index in [4.69, 9.17) is 0 Å². The molecule has 0 N–H and O–H groups in total. The molecule has 1 aliphatic carbocycles. The highest BCUT2D eigenvalue weighted by molar-refractivity contribution is 6.13. The quantitative estimate of drug-likeness (QED) is 0.780. The van der Waals surface area contributed by atoms with Crippen LogP contribution in [-0.2, 0) is 12.8 Å². The molecule has 0 spiro atoms. The lowest BCUT2D eigenvalue weighted by atomic mass is 10.1. The summed E-state index contributed by atoms with van der Waals surface area (Å²) in [5.74, 6) is 0.169. The number of carbonyl (C=O) groups excluding carboxylic acids is 1. The van der Waals surface area contributed by atoms with Crippen molar-refractivity contribution in [1.29, 1.82) is 0 Å². The molecular weight excluding hydrogens is 270 g/mol. The molecule has 2 aromatic carbocycles. The Labute approximate surface area is 130 Å². The zero-order valence-corrected chi connectivity index (χ0v) is 12.3. The first-order valence-electron chi connectivity index (χ1n) is 7.67. The molecule has 0 saturated heterocycles. The average molecular weight is 287 g/mol. The van der Waals surface area contributed by atoms with Gasteiger partial charge in [0.05, 0.1) is 0 Å². The fourth-order valence-electron chi connectivity index (χ4n) is 3.27. The van der Waals surface area contributed by atoms with Crippen LogP contribution in [0.1, 0.15) is 21.5 Å². The second-order valence-corrected chi connectivity index (χ2v) is 5.77. The number of Topliss-reactive ketones (excluding diaryl/α,β-unsaturated/α-hetero) is 1. The van der Waals surface area contributed by atoms with E-state index in [9.17, 15) is 4.79 Å². The van der Waals surface area contributed by atoms with Crippen LogP contribution in [0, 0.1) is 0 Å². The van der Waals surface area contributed by atoms with E-state index in [1.54, 1.807) is 0 Å². The molecule has 0 fully saturated rings. The van der Waals surface area contributed by atoms with Crippen molar-refractivity contribution in [1.82, 2.24) is 0 Å². The number of anilines is 1. The molecule has 0 atom stereocenters. The monoisotopic (exact) mass is 287 g/mol. The van der Waals surface area contributed by atoms with Gasteiger partial charge in [0.2, 0.25) is 0 Å². The summed E-state index contributed by atoms with van der Waals surface area (Å²) in [5.41, 5.74) is 5.54. The summed E-state index contributed by atoms with van der Waals surface area (Å²) in [6.07, 6.45) is 7.87. The highest BCUT2D eigenvalue weighted by atomic mass is 16.1. The van der Waals surface area contributed by atoms with Crippen molar-refractivity contribution in [2.45, 2.75) is 12.8 Å². The minimum atomic E-state index is 0.169. The van der Waals surface area contributed by atoms with Gasteiger partial charge in [0.15, 0.2) is 5.78 Å². The molecule has 1 heterocycles. The van der Waals surface area contributed by atoms with Crippen molar-refractivity contribution in [2.75, 3.05) is 11.4 Å². The third-order valence-corrected chi connectivity index (χ3v) is 4.42. The first-order chi connectivity index (χ1) is 10.8. The van der Waals surface area contributed by atoms with Crippen molar-refractivity contribution < 1.29 is 4.79 Å². The molecule has 2 heteroatoms. The molecule has 0 unspecified atom stereocenters. The Bertz CT molecular complexity index is 801. The summed E-state index contributed by atoms with van der Waals surface area (Å²) < 4.78 is 0. The minimum Gasteiger partial charge on any atom is -0.347 e. The lowest BCUT2D eigenvalue weighted by Gasteiger charge is -2.12. The first-order valence-corrected chi connectivity index (χ1v) is 7.67. The van der Waals surface area contributed by atoms with Gasteiger partial charge in [-0.15, -0.1) is 0 Å². The largest absolute Gasteiger partial charge is 0.347 e. The number of allylic oxidation sites excluding steroid dienone is 3. The second kappa shape index (κ2) is 5.30. The smallest absolute Gasteiger partial charge is 0.189 e. The van der Waals surface area contributed by atoms with E-state index >= 15 is 0 Å². The standard InChI is InChI=1S/C20H17NO/c22-20-17(14-16-7-1-3-9-18(16)20)8-5-12-21-13-11-15-6-2-4-10-19(15)21/h1-10,12H,11,13-14H2/b12-5+,17-8-. The summed E-state index contributed by atoms with van der Waals surface area (Å²) in [4.78, 5) is 14.6. The maximum absolute atomic E-state index is 12.3. The van der Waals surface area contributed by atoms with E-state index in [1.165, 1.54) is 11.3 Å². The summed E-state index contributed by atoms with van der Waals surface area (Å²) in [6.45, 7) is 1.01. The van der Waals surface area contributed by atoms with Gasteiger partial charge in [-0.05, 0) is 29.7 Å². The summed E-state index contributed by atoms with van der Waals surface area (Å²) in [6, 6.07) is 16.4. The molecule has 2 aliphatic rings. The predicted octanol–water partition coefficient (Wildman–Crippen LogP) is 3.93. The minimum absolute atomic E-state index is 0.169. The Morgan fingerprint density at radius 1 is 0.955 bits per heavy atom. The van der Waals surface area contributed by atoms with Crippen LogP contribution in [-0.4, -0.2) is 12.3 Å². The molecule has 2 nitrogen and oxygen atoms in total. The van der Waals surface area contributed by atoms with Crippen LogP contribution >= 0.6 is 0 Å². The van der Waals surface area contributed by atoms with Crippen molar-refractivity contribution in [3.05, 3.63) is 89.1 Å². The van der Waals surface area contributed by atoms with Gasteiger partial charge in [-0.25, -0.2) is 0 Å². The maximum Gasteiger partial charge on any atom is 0.189 e. The molecule has 108 valence electrons. The Balaban J connectivity index is 1.53. The SMILES string of the molecule is O=C1/C(=C\C=C\N2CCc3ccccc32)Cc2ccccc21. The Kier molecular flexibility index (Phi) is 3.15. The van der Waals surface area contributed by atoms with E-state index in [0.717, 1.165) is 36.1 Å². The number of para-hydroxylation sites is 1. The molecule has 2 aromatic rings. The molecule has 1 aliphatic heterocycles. The number of hydrogen-bond donors (Lipinski definition) is 0. The van der Waals surface area contributed by atoms with Gasteiger partial charge in [-0.2, -0.15) is 0 Å². The van der Waals surface area contributed by atoms with Gasteiger partial charge in [-0.3, -0.25) is 4.79 Å². The van der Waals surface area contributed by atoms with Crippen LogP contribution in [0.15, 0.2) is 72.5 Å². The van der Waals surface area contributed by atoms with Crippen molar-refractivity contribution in [3.8, 4) is 0 Å². The third kappa shape index (κ3) is 2.17. The second-order valence-electron chi connectivity index (χ2n) is 5.77. The van der Waals surface area contributed by atoms with Crippen LogP contribution in [0.2, 0.25) is 0 Å². The number of ketones is 1. The van der Waals surface area contributed by atoms with Gasteiger partial charge < -0.3 is 4.90 Å². The predicted molar refractivity (Wildman–Crippen MR) is 89.2 cm³/mol. The summed E-state index contributed by atoms with van der Waals surface area (Å²) >= 11 is 0. The summed E-state index contributed by atoms with van der Waals surface area (Å²) in [5, 5.41) is 0. The van der Waals surface area contributed by atoms with E-state index < -0.39 is 0 Å². The third-order valence-electron chi connectivity index (χ3n) is 4.42. The van der Waals surface area contributed by atoms with Gasteiger partial charge in [-0.1, -0.05) is 48.5 Å². The van der Waals surface area contributed by atoms with Gasteiger partial charge in [0.25, 0.3) is 0 Å². The van der Waals surface area contributed by atoms with Crippen LogP contribution in [0.5, 0.6) is 0 Å². The zero-order chi connectivity index (χ0) is 14.9. The number of benzene rings is 2. The molecular formula is C20H17NO. The fourth-order valence-corrected chi connectivity index (χ4v) is 3.27. The van der Waals surface area contributed by atoms with E-state index in [-0.39, 0.29) is 5.78 Å². The topological polar surface area (TPSA) is 20.3 Å². The van der Waals surface area contributed by atoms with Gasteiger partial charge in [0.1, 0.15) is 0 Å². The Morgan fingerprint density at radius 2 is 1.73 bits per heavy atom. The van der Waals surface area contributed by atoms with Crippen LogP contribution < -0.4 is 4.90 Å². The van der Waals surface area contributed by atoms with E-state index in [1.807, 2.05) is 36.4 Å². The lowest BCUT2D eigenvalue weighted by Crippen LogP contribution is -2.11. The summed E-state index contributed by atoms with van der Waals surface area (Å²) in [7, 11) is 0.